The molecule has 6 nitrogen and oxygen atoms in total. The average Bonchev–Trinajstić information content (AvgIpc) is 2.42. The van der Waals surface area contributed by atoms with E-state index in [1.165, 1.54) is 24.5 Å². The number of pyridine rings is 1. The third-order valence-corrected chi connectivity index (χ3v) is 2.78. The number of aromatic carboxylic acids is 1. The number of anilines is 1. The second-order valence-corrected chi connectivity index (χ2v) is 4.15. The van der Waals surface area contributed by atoms with Crippen LogP contribution in [0.5, 0.6) is 5.75 Å². The lowest BCUT2D eigenvalue weighted by Crippen LogP contribution is -2.15. The number of aryl methyl sites for hydroxylation is 1. The molecule has 1 amide bonds. The maximum atomic E-state index is 12.1. The average molecular weight is 272 g/mol. The number of benzene rings is 1. The summed E-state index contributed by atoms with van der Waals surface area (Å²) in [4.78, 5) is 26.9. The number of carbonyl (C=O) groups is 2. The maximum Gasteiger partial charge on any atom is 0.337 e. The molecule has 102 valence electrons. The molecule has 0 atom stereocenters. The lowest BCUT2D eigenvalue weighted by molar-refractivity contribution is 0.0698. The van der Waals surface area contributed by atoms with Crippen molar-refractivity contribution in [3.05, 3.63) is 53.3 Å². The fourth-order valence-corrected chi connectivity index (χ4v) is 1.71. The van der Waals surface area contributed by atoms with Gasteiger partial charge in [0.15, 0.2) is 0 Å². The van der Waals surface area contributed by atoms with Crippen LogP contribution in [0.25, 0.3) is 0 Å². The monoisotopic (exact) mass is 272 g/mol. The Balaban J connectivity index is 2.33. The van der Waals surface area contributed by atoms with Gasteiger partial charge in [-0.15, -0.1) is 0 Å². The van der Waals surface area contributed by atoms with E-state index in [4.69, 9.17) is 5.11 Å². The molecule has 0 aliphatic heterocycles. The third kappa shape index (κ3) is 2.59. The predicted molar refractivity (Wildman–Crippen MR) is 72.0 cm³/mol. The van der Waals surface area contributed by atoms with Gasteiger partial charge in [-0.1, -0.05) is 12.1 Å². The molecule has 0 fully saturated rings. The lowest BCUT2D eigenvalue weighted by Gasteiger charge is -2.09. The van der Waals surface area contributed by atoms with Gasteiger partial charge in [-0.3, -0.25) is 9.78 Å². The Morgan fingerprint density at radius 1 is 1.20 bits per heavy atom. The van der Waals surface area contributed by atoms with Crippen LogP contribution in [0.3, 0.4) is 0 Å². The fourth-order valence-electron chi connectivity index (χ4n) is 1.71. The molecule has 0 spiro atoms. The summed E-state index contributed by atoms with van der Waals surface area (Å²) < 4.78 is 0. The summed E-state index contributed by atoms with van der Waals surface area (Å²) in [5, 5.41) is 21.3. The number of carboxylic acid groups (broad SMARTS) is 1. The van der Waals surface area contributed by atoms with Crippen molar-refractivity contribution >= 4 is 17.6 Å². The molecule has 2 rings (SSSR count). The first-order valence-electron chi connectivity index (χ1n) is 5.78. The van der Waals surface area contributed by atoms with E-state index in [9.17, 15) is 14.7 Å². The van der Waals surface area contributed by atoms with Gasteiger partial charge in [0.25, 0.3) is 5.91 Å². The minimum Gasteiger partial charge on any atom is -0.507 e. The Labute approximate surface area is 114 Å². The van der Waals surface area contributed by atoms with Gasteiger partial charge in [0.1, 0.15) is 5.75 Å². The van der Waals surface area contributed by atoms with Crippen molar-refractivity contribution in [3.63, 3.8) is 0 Å². The molecule has 1 aromatic carbocycles. The summed E-state index contributed by atoms with van der Waals surface area (Å²) in [5.41, 5.74) is 0.638. The van der Waals surface area contributed by atoms with Gasteiger partial charge in [0.2, 0.25) is 0 Å². The number of aromatic nitrogens is 1. The van der Waals surface area contributed by atoms with Crippen LogP contribution in [0.1, 0.15) is 26.3 Å². The highest BCUT2D eigenvalue weighted by molar-refractivity contribution is 6.09. The zero-order valence-electron chi connectivity index (χ0n) is 10.6. The van der Waals surface area contributed by atoms with Crippen LogP contribution in [0.15, 0.2) is 36.7 Å². The minimum absolute atomic E-state index is 0.0690. The van der Waals surface area contributed by atoms with E-state index >= 15 is 0 Å². The number of aromatic hydroxyl groups is 1. The molecule has 0 saturated carbocycles. The molecule has 3 N–H and O–H groups in total. The van der Waals surface area contributed by atoms with Crippen LogP contribution >= 0.6 is 0 Å². The molecular weight excluding hydrogens is 260 g/mol. The molecule has 0 radical (unpaired) electrons. The second-order valence-electron chi connectivity index (χ2n) is 4.15. The number of hydrogen-bond acceptors (Lipinski definition) is 4. The molecule has 1 heterocycles. The summed E-state index contributed by atoms with van der Waals surface area (Å²) >= 11 is 0. The molecule has 2 aromatic rings. The van der Waals surface area contributed by atoms with Crippen LogP contribution in [-0.2, 0) is 0 Å². The van der Waals surface area contributed by atoms with E-state index in [1.807, 2.05) is 0 Å². The lowest BCUT2D eigenvalue weighted by atomic mass is 10.1. The zero-order chi connectivity index (χ0) is 14.7. The van der Waals surface area contributed by atoms with Crippen molar-refractivity contribution in [2.75, 3.05) is 5.32 Å². The number of phenolic OH excluding ortho intramolecular Hbond substituents is 1. The largest absolute Gasteiger partial charge is 0.507 e. The zero-order valence-corrected chi connectivity index (χ0v) is 10.6. The molecule has 20 heavy (non-hydrogen) atoms. The van der Waals surface area contributed by atoms with Crippen molar-refractivity contribution in [1.82, 2.24) is 4.98 Å². The summed E-state index contributed by atoms with van der Waals surface area (Å²) in [6.45, 7) is 1.67. The Bertz CT molecular complexity index is 683. The number of amides is 1. The summed E-state index contributed by atoms with van der Waals surface area (Å²) in [7, 11) is 0. The molecular formula is C14H12N2O4. The molecule has 1 aromatic heterocycles. The first kappa shape index (κ1) is 13.5. The second kappa shape index (κ2) is 5.40. The number of carbonyl (C=O) groups excluding carboxylic acids is 1. The minimum atomic E-state index is -1.17. The highest BCUT2D eigenvalue weighted by atomic mass is 16.4. The van der Waals surface area contributed by atoms with Crippen LogP contribution in [0, 0.1) is 6.92 Å². The number of phenols is 1. The fraction of sp³-hybridized carbons (Fsp3) is 0.0714. The number of rotatable bonds is 3. The van der Waals surface area contributed by atoms with E-state index in [0.717, 1.165) is 0 Å². The van der Waals surface area contributed by atoms with E-state index < -0.39 is 11.9 Å². The summed E-state index contributed by atoms with van der Waals surface area (Å²) in [6.07, 6.45) is 2.57. The number of hydrogen-bond donors (Lipinski definition) is 3. The SMILES string of the molecule is Cc1cccc(C(=O)Nc2cnccc2C(=O)O)c1O. The third-order valence-electron chi connectivity index (χ3n) is 2.78. The standard InChI is InChI=1S/C14H12N2O4/c1-8-3-2-4-10(12(8)17)13(18)16-11-7-15-6-5-9(11)14(19)20/h2-7,17H,1H3,(H,16,18)(H,19,20). The van der Waals surface area contributed by atoms with E-state index in [-0.39, 0.29) is 22.6 Å². The molecule has 6 heteroatoms. The molecule has 0 aliphatic carbocycles. The van der Waals surface area contributed by atoms with Gasteiger partial charge in [-0.05, 0) is 24.6 Å². The first-order chi connectivity index (χ1) is 9.50. The molecule has 0 unspecified atom stereocenters. The van der Waals surface area contributed by atoms with Crippen molar-refractivity contribution in [3.8, 4) is 5.75 Å². The number of carboxylic acids is 1. The molecule has 0 saturated heterocycles. The normalized spacial score (nSPS) is 10.1. The van der Waals surface area contributed by atoms with Crippen molar-refractivity contribution in [2.45, 2.75) is 6.92 Å². The van der Waals surface area contributed by atoms with Gasteiger partial charge in [-0.25, -0.2) is 4.79 Å². The van der Waals surface area contributed by atoms with E-state index in [2.05, 4.69) is 10.3 Å². The molecule has 0 bridgehead atoms. The van der Waals surface area contributed by atoms with Crippen LogP contribution in [0.2, 0.25) is 0 Å². The number of para-hydroxylation sites is 1. The number of nitrogens with one attached hydrogen (secondary N) is 1. The number of nitrogens with zero attached hydrogens (tertiary/aromatic N) is 1. The Morgan fingerprint density at radius 2 is 1.95 bits per heavy atom. The van der Waals surface area contributed by atoms with Crippen molar-refractivity contribution in [1.29, 1.82) is 0 Å². The maximum absolute atomic E-state index is 12.1. The molecule has 0 aliphatic rings. The van der Waals surface area contributed by atoms with Gasteiger partial charge in [0, 0.05) is 6.20 Å². The van der Waals surface area contributed by atoms with Gasteiger partial charge in [-0.2, -0.15) is 0 Å². The topological polar surface area (TPSA) is 99.5 Å². The Morgan fingerprint density at radius 3 is 2.65 bits per heavy atom. The highest BCUT2D eigenvalue weighted by Crippen LogP contribution is 2.23. The van der Waals surface area contributed by atoms with Gasteiger partial charge >= 0.3 is 5.97 Å². The summed E-state index contributed by atoms with van der Waals surface area (Å²) in [6, 6.07) is 6.03. The first-order valence-corrected chi connectivity index (χ1v) is 5.78. The smallest absolute Gasteiger partial charge is 0.337 e. The van der Waals surface area contributed by atoms with Gasteiger partial charge < -0.3 is 15.5 Å². The van der Waals surface area contributed by atoms with Gasteiger partial charge in [0.05, 0.1) is 23.0 Å². The predicted octanol–water partition coefficient (Wildman–Crippen LogP) is 2.05. The van der Waals surface area contributed by atoms with Crippen LogP contribution < -0.4 is 5.32 Å². The van der Waals surface area contributed by atoms with Crippen molar-refractivity contribution < 1.29 is 19.8 Å². The Hall–Kier alpha value is -2.89. The van der Waals surface area contributed by atoms with E-state index in [1.54, 1.807) is 19.1 Å². The Kier molecular flexibility index (Phi) is 3.65. The van der Waals surface area contributed by atoms with Crippen molar-refractivity contribution in [2.24, 2.45) is 0 Å². The van der Waals surface area contributed by atoms with Crippen LogP contribution in [-0.4, -0.2) is 27.1 Å². The highest BCUT2D eigenvalue weighted by Gasteiger charge is 2.16. The van der Waals surface area contributed by atoms with Crippen LogP contribution in [0.4, 0.5) is 5.69 Å². The quantitative estimate of drug-likeness (QED) is 0.794. The summed E-state index contributed by atoms with van der Waals surface area (Å²) in [5.74, 6) is -1.90. The van der Waals surface area contributed by atoms with E-state index in [0.29, 0.717) is 5.56 Å².